The van der Waals surface area contributed by atoms with E-state index < -0.39 is 10.0 Å². The van der Waals surface area contributed by atoms with Gasteiger partial charge in [0.05, 0.1) is 4.90 Å². The van der Waals surface area contributed by atoms with Gasteiger partial charge >= 0.3 is 0 Å². The number of carbonyl (C=O) groups excluding carboxylic acids is 1. The number of hydrogen-bond donors (Lipinski definition) is 1. The zero-order chi connectivity index (χ0) is 24.1. The molecule has 1 saturated heterocycles. The molecule has 8 heteroatoms. The maximum Gasteiger partial charge on any atom is 0.261 e. The van der Waals surface area contributed by atoms with Crippen molar-refractivity contribution in [2.45, 2.75) is 18.7 Å². The van der Waals surface area contributed by atoms with Gasteiger partial charge in [-0.15, -0.1) is 0 Å². The van der Waals surface area contributed by atoms with Gasteiger partial charge in [0, 0.05) is 37.6 Å². The second kappa shape index (κ2) is 10.2. The largest absolute Gasteiger partial charge is 0.484 e. The van der Waals surface area contributed by atoms with Crippen LogP contribution in [0.3, 0.4) is 0 Å². The summed E-state index contributed by atoms with van der Waals surface area (Å²) in [5.41, 5.74) is 3.78. The molecule has 0 bridgehead atoms. The number of anilines is 2. The topological polar surface area (TPSA) is 78.9 Å². The number of hydrogen-bond acceptors (Lipinski definition) is 5. The molecular formula is C26H29N3O4S. The van der Waals surface area contributed by atoms with Crippen LogP contribution in [0.4, 0.5) is 11.4 Å². The zero-order valence-corrected chi connectivity index (χ0v) is 20.2. The van der Waals surface area contributed by atoms with Crippen LogP contribution in [-0.4, -0.2) is 52.0 Å². The minimum Gasteiger partial charge on any atom is -0.484 e. The van der Waals surface area contributed by atoms with Crippen molar-refractivity contribution in [2.24, 2.45) is 0 Å². The standard InChI is InChI=1S/C26H29N3O4S/c1-20-8-9-22(18-21(20)2)27-34(31,32)25-12-10-24(11-13-25)33-19-26(30)29-16-14-28(15-17-29)23-6-4-3-5-7-23/h3-13,18,27H,14-17,19H2,1-2H3. The first-order chi connectivity index (χ1) is 16.3. The lowest BCUT2D eigenvalue weighted by Crippen LogP contribution is -2.50. The first-order valence-electron chi connectivity index (χ1n) is 11.2. The van der Waals surface area contributed by atoms with Gasteiger partial charge in [-0.2, -0.15) is 0 Å². The summed E-state index contributed by atoms with van der Waals surface area (Å²) >= 11 is 0. The van der Waals surface area contributed by atoms with Crippen molar-refractivity contribution in [3.05, 3.63) is 83.9 Å². The molecular weight excluding hydrogens is 450 g/mol. The summed E-state index contributed by atoms with van der Waals surface area (Å²) in [5.74, 6) is 0.363. The van der Waals surface area contributed by atoms with Gasteiger partial charge in [-0.3, -0.25) is 9.52 Å². The van der Waals surface area contributed by atoms with E-state index in [0.717, 1.165) is 29.9 Å². The Morgan fingerprint density at radius 3 is 2.21 bits per heavy atom. The summed E-state index contributed by atoms with van der Waals surface area (Å²) in [6, 6.07) is 21.6. The first-order valence-corrected chi connectivity index (χ1v) is 12.7. The number of nitrogens with zero attached hydrogens (tertiary/aromatic N) is 2. The van der Waals surface area contributed by atoms with E-state index in [2.05, 4.69) is 21.8 Å². The van der Waals surface area contributed by atoms with Crippen molar-refractivity contribution in [1.29, 1.82) is 0 Å². The molecule has 0 radical (unpaired) electrons. The average molecular weight is 480 g/mol. The summed E-state index contributed by atoms with van der Waals surface area (Å²) in [6.07, 6.45) is 0. The molecule has 1 fully saturated rings. The van der Waals surface area contributed by atoms with Gasteiger partial charge in [-0.25, -0.2) is 8.42 Å². The maximum absolute atomic E-state index is 12.7. The molecule has 0 unspecified atom stereocenters. The third-order valence-electron chi connectivity index (χ3n) is 6.01. The minimum atomic E-state index is -3.72. The molecule has 1 heterocycles. The lowest BCUT2D eigenvalue weighted by molar-refractivity contribution is -0.133. The van der Waals surface area contributed by atoms with Crippen LogP contribution >= 0.6 is 0 Å². The normalized spacial score (nSPS) is 14.1. The average Bonchev–Trinajstić information content (AvgIpc) is 2.85. The molecule has 1 amide bonds. The molecule has 7 nitrogen and oxygen atoms in total. The number of nitrogens with one attached hydrogen (secondary N) is 1. The minimum absolute atomic E-state index is 0.0826. The summed E-state index contributed by atoms with van der Waals surface area (Å²) in [5, 5.41) is 0. The maximum atomic E-state index is 12.7. The van der Waals surface area contributed by atoms with Crippen LogP contribution in [0.2, 0.25) is 0 Å². The van der Waals surface area contributed by atoms with Gasteiger partial charge in [0.2, 0.25) is 0 Å². The quantitative estimate of drug-likeness (QED) is 0.557. The molecule has 0 aliphatic carbocycles. The van der Waals surface area contributed by atoms with E-state index in [-0.39, 0.29) is 17.4 Å². The van der Waals surface area contributed by atoms with E-state index in [9.17, 15) is 13.2 Å². The Morgan fingerprint density at radius 2 is 1.56 bits per heavy atom. The molecule has 1 aliphatic rings. The molecule has 0 aromatic heterocycles. The number of piperazine rings is 1. The van der Waals surface area contributed by atoms with E-state index in [4.69, 9.17) is 4.74 Å². The number of sulfonamides is 1. The SMILES string of the molecule is Cc1ccc(NS(=O)(=O)c2ccc(OCC(=O)N3CCN(c4ccccc4)CC3)cc2)cc1C. The van der Waals surface area contributed by atoms with Crippen LogP contribution < -0.4 is 14.4 Å². The third-order valence-corrected chi connectivity index (χ3v) is 7.41. The Bertz CT molecular complexity index is 1240. The first kappa shape index (κ1) is 23.6. The molecule has 0 saturated carbocycles. The lowest BCUT2D eigenvalue weighted by atomic mass is 10.1. The number of benzene rings is 3. The number of rotatable bonds is 7. The van der Waals surface area contributed by atoms with E-state index >= 15 is 0 Å². The predicted octanol–water partition coefficient (Wildman–Crippen LogP) is 3.83. The van der Waals surface area contributed by atoms with Crippen LogP contribution in [0.15, 0.2) is 77.7 Å². The highest BCUT2D eigenvalue weighted by Gasteiger charge is 2.22. The Labute approximate surface area is 201 Å². The Morgan fingerprint density at radius 1 is 0.882 bits per heavy atom. The predicted molar refractivity (Wildman–Crippen MR) is 134 cm³/mol. The fourth-order valence-electron chi connectivity index (χ4n) is 3.82. The van der Waals surface area contributed by atoms with Crippen LogP contribution in [0, 0.1) is 13.8 Å². The van der Waals surface area contributed by atoms with Crippen molar-refractivity contribution < 1.29 is 17.9 Å². The van der Waals surface area contributed by atoms with Crippen molar-refractivity contribution in [3.63, 3.8) is 0 Å². The fourth-order valence-corrected chi connectivity index (χ4v) is 4.87. The number of para-hydroxylation sites is 1. The molecule has 0 spiro atoms. The number of ether oxygens (including phenoxy) is 1. The van der Waals surface area contributed by atoms with Crippen LogP contribution in [0.5, 0.6) is 5.75 Å². The van der Waals surface area contributed by atoms with Crippen LogP contribution in [-0.2, 0) is 14.8 Å². The lowest BCUT2D eigenvalue weighted by Gasteiger charge is -2.36. The highest BCUT2D eigenvalue weighted by molar-refractivity contribution is 7.92. The van der Waals surface area contributed by atoms with Crippen molar-refractivity contribution in [3.8, 4) is 5.75 Å². The fraction of sp³-hybridized carbons (Fsp3) is 0.269. The highest BCUT2D eigenvalue weighted by Crippen LogP contribution is 2.21. The van der Waals surface area contributed by atoms with Gasteiger partial charge in [0.25, 0.3) is 15.9 Å². The van der Waals surface area contributed by atoms with Gasteiger partial charge in [0.15, 0.2) is 6.61 Å². The zero-order valence-electron chi connectivity index (χ0n) is 19.4. The molecule has 0 atom stereocenters. The van der Waals surface area contributed by atoms with Crippen molar-refractivity contribution >= 4 is 27.3 Å². The van der Waals surface area contributed by atoms with Crippen LogP contribution in [0.1, 0.15) is 11.1 Å². The monoisotopic (exact) mass is 479 g/mol. The van der Waals surface area contributed by atoms with Crippen LogP contribution in [0.25, 0.3) is 0 Å². The Kier molecular flexibility index (Phi) is 7.07. The molecule has 3 aromatic carbocycles. The van der Waals surface area contributed by atoms with Gasteiger partial charge in [-0.1, -0.05) is 24.3 Å². The Hall–Kier alpha value is -3.52. The summed E-state index contributed by atoms with van der Waals surface area (Å²) in [6.45, 7) is 6.65. The van der Waals surface area contributed by atoms with Crippen molar-refractivity contribution in [1.82, 2.24) is 4.90 Å². The van der Waals surface area contributed by atoms with E-state index in [0.29, 0.717) is 24.5 Å². The Balaban J connectivity index is 1.29. The second-order valence-corrected chi connectivity index (χ2v) is 10.1. The van der Waals surface area contributed by atoms with Gasteiger partial charge in [0.1, 0.15) is 5.75 Å². The van der Waals surface area contributed by atoms with E-state index in [1.54, 1.807) is 29.2 Å². The van der Waals surface area contributed by atoms with Gasteiger partial charge < -0.3 is 14.5 Å². The number of carbonyl (C=O) groups is 1. The highest BCUT2D eigenvalue weighted by atomic mass is 32.2. The summed E-state index contributed by atoms with van der Waals surface area (Å²) < 4.78 is 33.6. The second-order valence-electron chi connectivity index (χ2n) is 8.37. The summed E-state index contributed by atoms with van der Waals surface area (Å²) in [7, 11) is -3.72. The third kappa shape index (κ3) is 5.69. The molecule has 3 aromatic rings. The molecule has 1 aliphatic heterocycles. The molecule has 178 valence electrons. The molecule has 34 heavy (non-hydrogen) atoms. The molecule has 1 N–H and O–H groups in total. The molecule has 4 rings (SSSR count). The van der Waals surface area contributed by atoms with E-state index in [1.165, 1.54) is 12.1 Å². The van der Waals surface area contributed by atoms with Gasteiger partial charge in [-0.05, 0) is 73.5 Å². The number of aryl methyl sites for hydroxylation is 2. The van der Waals surface area contributed by atoms with Crippen molar-refractivity contribution in [2.75, 3.05) is 42.4 Å². The van der Waals surface area contributed by atoms with E-state index in [1.807, 2.05) is 38.1 Å². The smallest absolute Gasteiger partial charge is 0.261 e. The summed E-state index contributed by atoms with van der Waals surface area (Å²) in [4.78, 5) is 16.8. The number of amides is 1.